The standard InChI is InChI=1S/C43H40N4O5/c1-26-6-10-29(11-7-26)31-17-33-22-44-37-20-39(28(3)16-35(37)42(48)46(33)24-31)51-14-5-15-52-41-21-38-36(19-40(41)50-4)43(49)47-25-32(18-34(47)23-45-38)30-12-8-27(2)9-13-30/h6-13,16,19-25,33-34H,5,14-15,17-18H2,1-4H3/t33-,34-/m0/s1. The summed E-state index contributed by atoms with van der Waals surface area (Å²) in [6.07, 6.45) is 9.62. The normalized spacial score (nSPS) is 18.5. The second kappa shape index (κ2) is 13.6. The Hall–Kier alpha value is -5.96. The lowest BCUT2D eigenvalue weighted by Gasteiger charge is -2.19. The van der Waals surface area contributed by atoms with Crippen molar-refractivity contribution in [3.8, 4) is 17.2 Å². The van der Waals surface area contributed by atoms with E-state index in [0.29, 0.717) is 65.8 Å². The highest BCUT2D eigenvalue weighted by molar-refractivity contribution is 6.06. The van der Waals surface area contributed by atoms with Crippen LogP contribution in [0, 0.1) is 20.8 Å². The molecule has 2 amide bonds. The van der Waals surface area contributed by atoms with Crippen LogP contribution in [0.2, 0.25) is 0 Å². The number of nitrogens with zero attached hydrogens (tertiary/aromatic N) is 4. The second-order valence-corrected chi connectivity index (χ2v) is 13.8. The summed E-state index contributed by atoms with van der Waals surface area (Å²) in [5, 5.41) is 0. The topological polar surface area (TPSA) is 93.0 Å². The van der Waals surface area contributed by atoms with Crippen LogP contribution in [0.5, 0.6) is 17.2 Å². The van der Waals surface area contributed by atoms with E-state index in [-0.39, 0.29) is 23.9 Å². The van der Waals surface area contributed by atoms with E-state index in [1.807, 2.05) is 43.9 Å². The summed E-state index contributed by atoms with van der Waals surface area (Å²) in [7, 11) is 1.56. The lowest BCUT2D eigenvalue weighted by molar-refractivity contribution is 0.0809. The number of hydrogen-bond acceptors (Lipinski definition) is 7. The number of hydrogen-bond donors (Lipinski definition) is 0. The molecule has 0 aliphatic carbocycles. The summed E-state index contributed by atoms with van der Waals surface area (Å²) >= 11 is 0. The number of amides is 2. The Morgan fingerprint density at radius 1 is 0.635 bits per heavy atom. The van der Waals surface area contributed by atoms with Crippen molar-refractivity contribution < 1.29 is 23.8 Å². The molecule has 9 heteroatoms. The monoisotopic (exact) mass is 692 g/mol. The van der Waals surface area contributed by atoms with Crippen LogP contribution in [0.1, 0.15) is 67.8 Å². The molecule has 4 aromatic rings. The predicted molar refractivity (Wildman–Crippen MR) is 204 cm³/mol. The van der Waals surface area contributed by atoms with Crippen LogP contribution < -0.4 is 14.2 Å². The van der Waals surface area contributed by atoms with E-state index in [0.717, 1.165) is 34.3 Å². The van der Waals surface area contributed by atoms with E-state index in [2.05, 4.69) is 62.4 Å². The zero-order valence-corrected chi connectivity index (χ0v) is 29.8. The van der Waals surface area contributed by atoms with Crippen molar-refractivity contribution in [2.45, 2.75) is 52.1 Å². The highest BCUT2D eigenvalue weighted by Crippen LogP contribution is 2.40. The summed E-state index contributed by atoms with van der Waals surface area (Å²) in [4.78, 5) is 40.4. The average molecular weight is 693 g/mol. The fraction of sp³-hybridized carbons (Fsp3) is 0.256. The largest absolute Gasteiger partial charge is 0.493 e. The summed E-state index contributed by atoms with van der Waals surface area (Å²) in [5.74, 6) is 1.47. The van der Waals surface area contributed by atoms with Crippen molar-refractivity contribution >= 4 is 46.8 Å². The average Bonchev–Trinajstić information content (AvgIpc) is 3.73. The first kappa shape index (κ1) is 33.2. The molecule has 4 heterocycles. The summed E-state index contributed by atoms with van der Waals surface area (Å²) in [5.41, 5.74) is 9.91. The molecular weight excluding hydrogens is 652 g/mol. The smallest absolute Gasteiger partial charge is 0.260 e. The molecule has 0 saturated heterocycles. The van der Waals surface area contributed by atoms with Gasteiger partial charge in [-0.15, -0.1) is 0 Å². The molecule has 2 atom stereocenters. The Bertz CT molecular complexity index is 2200. The Kier molecular flexibility index (Phi) is 8.71. The highest BCUT2D eigenvalue weighted by Gasteiger charge is 2.34. The van der Waals surface area contributed by atoms with Crippen LogP contribution in [0.4, 0.5) is 11.4 Å². The Morgan fingerprint density at radius 3 is 1.63 bits per heavy atom. The molecule has 9 nitrogen and oxygen atoms in total. The van der Waals surface area contributed by atoms with Gasteiger partial charge >= 0.3 is 0 Å². The maximum atomic E-state index is 13.7. The maximum absolute atomic E-state index is 13.7. The molecule has 4 aliphatic rings. The van der Waals surface area contributed by atoms with Crippen molar-refractivity contribution in [2.75, 3.05) is 20.3 Å². The molecular formula is C43H40N4O5. The van der Waals surface area contributed by atoms with E-state index in [4.69, 9.17) is 24.2 Å². The second-order valence-electron chi connectivity index (χ2n) is 13.8. The number of fused-ring (bicyclic) bond motifs is 4. The van der Waals surface area contributed by atoms with Gasteiger partial charge in [0.15, 0.2) is 11.5 Å². The van der Waals surface area contributed by atoms with Gasteiger partial charge in [0.05, 0.1) is 54.9 Å². The van der Waals surface area contributed by atoms with Gasteiger partial charge in [0.1, 0.15) is 5.75 Å². The number of aryl methyl sites for hydroxylation is 3. The first-order chi connectivity index (χ1) is 25.2. The molecule has 0 radical (unpaired) electrons. The van der Waals surface area contributed by atoms with Crippen LogP contribution in [0.25, 0.3) is 11.1 Å². The Labute approximate surface area is 303 Å². The van der Waals surface area contributed by atoms with Gasteiger partial charge in [-0.3, -0.25) is 19.6 Å². The van der Waals surface area contributed by atoms with Crippen molar-refractivity contribution in [1.82, 2.24) is 9.80 Å². The first-order valence-electron chi connectivity index (χ1n) is 17.7. The summed E-state index contributed by atoms with van der Waals surface area (Å²) < 4.78 is 17.9. The number of carbonyl (C=O) groups excluding carboxylic acids is 2. The number of aliphatic imine (C=N–C) groups is 2. The molecule has 8 rings (SSSR count). The van der Waals surface area contributed by atoms with E-state index >= 15 is 0 Å². The molecule has 0 N–H and O–H groups in total. The van der Waals surface area contributed by atoms with Gasteiger partial charge in [-0.05, 0) is 60.7 Å². The van der Waals surface area contributed by atoms with E-state index in [1.165, 1.54) is 11.1 Å². The third-order valence-corrected chi connectivity index (χ3v) is 10.1. The Balaban J connectivity index is 0.900. The molecule has 262 valence electrons. The maximum Gasteiger partial charge on any atom is 0.260 e. The van der Waals surface area contributed by atoms with Crippen LogP contribution >= 0.6 is 0 Å². The van der Waals surface area contributed by atoms with Crippen LogP contribution in [0.3, 0.4) is 0 Å². The highest BCUT2D eigenvalue weighted by atomic mass is 16.5. The molecule has 4 aromatic carbocycles. The van der Waals surface area contributed by atoms with Gasteiger partial charge < -0.3 is 24.0 Å². The fourth-order valence-corrected chi connectivity index (χ4v) is 7.11. The van der Waals surface area contributed by atoms with Gasteiger partial charge in [-0.1, -0.05) is 59.7 Å². The molecule has 0 bridgehead atoms. The SMILES string of the molecule is COc1cc2c(cc1OCCCOc1cc3c(cc1C)C(=O)N1C=C(c4ccc(C)cc4)C[C@H]1C=N3)N=C[C@@H]1CC(c3ccc(C)cc3)=CN1C2=O. The van der Waals surface area contributed by atoms with Crippen molar-refractivity contribution in [1.29, 1.82) is 0 Å². The van der Waals surface area contributed by atoms with Crippen LogP contribution in [-0.4, -0.2) is 66.5 Å². The molecule has 0 saturated carbocycles. The Morgan fingerprint density at radius 2 is 1.12 bits per heavy atom. The predicted octanol–water partition coefficient (Wildman–Crippen LogP) is 8.41. The molecule has 0 fully saturated rings. The van der Waals surface area contributed by atoms with Crippen LogP contribution in [-0.2, 0) is 0 Å². The number of rotatable bonds is 9. The summed E-state index contributed by atoms with van der Waals surface area (Å²) in [6.45, 7) is 6.82. The number of ether oxygens (including phenoxy) is 3. The lowest BCUT2D eigenvalue weighted by Crippen LogP contribution is -2.32. The first-order valence-corrected chi connectivity index (χ1v) is 17.7. The minimum absolute atomic E-state index is 0.0627. The van der Waals surface area contributed by atoms with Gasteiger partial charge in [0, 0.05) is 56.2 Å². The minimum Gasteiger partial charge on any atom is -0.493 e. The zero-order valence-electron chi connectivity index (χ0n) is 29.8. The van der Waals surface area contributed by atoms with E-state index in [1.54, 1.807) is 29.0 Å². The number of methoxy groups -OCH3 is 1. The molecule has 4 aliphatic heterocycles. The fourth-order valence-electron chi connectivity index (χ4n) is 7.11. The molecule has 52 heavy (non-hydrogen) atoms. The van der Waals surface area contributed by atoms with Gasteiger partial charge in [0.25, 0.3) is 11.8 Å². The van der Waals surface area contributed by atoms with E-state index in [9.17, 15) is 9.59 Å². The van der Waals surface area contributed by atoms with Crippen LogP contribution in [0.15, 0.2) is 95.2 Å². The molecule has 0 spiro atoms. The van der Waals surface area contributed by atoms with Gasteiger partial charge in [-0.2, -0.15) is 0 Å². The van der Waals surface area contributed by atoms with Crippen molar-refractivity contribution in [3.05, 3.63) is 124 Å². The van der Waals surface area contributed by atoms with Crippen molar-refractivity contribution in [2.24, 2.45) is 9.98 Å². The van der Waals surface area contributed by atoms with Crippen molar-refractivity contribution in [3.63, 3.8) is 0 Å². The number of carbonyl (C=O) groups is 2. The third-order valence-electron chi connectivity index (χ3n) is 10.1. The zero-order chi connectivity index (χ0) is 35.9. The molecule has 0 aromatic heterocycles. The minimum atomic E-state index is -0.158. The van der Waals surface area contributed by atoms with E-state index < -0.39 is 0 Å². The summed E-state index contributed by atoms with van der Waals surface area (Å²) in [6, 6.07) is 23.7. The number of benzene rings is 4. The third kappa shape index (κ3) is 6.27. The quantitative estimate of drug-likeness (QED) is 0.164. The van der Waals surface area contributed by atoms with Gasteiger partial charge in [0.2, 0.25) is 0 Å². The van der Waals surface area contributed by atoms with Gasteiger partial charge in [-0.25, -0.2) is 0 Å². The molecule has 0 unspecified atom stereocenters. The lowest BCUT2D eigenvalue weighted by atomic mass is 10.0.